The Morgan fingerprint density at radius 3 is 2.55 bits per heavy atom. The molecule has 2 aromatic rings. The van der Waals surface area contributed by atoms with E-state index < -0.39 is 24.6 Å². The lowest BCUT2D eigenvalue weighted by molar-refractivity contribution is -0.265. The number of likely N-dealkylation sites (tertiary alicyclic amines) is 1. The van der Waals surface area contributed by atoms with Gasteiger partial charge in [-0.2, -0.15) is 0 Å². The predicted octanol–water partition coefficient (Wildman–Crippen LogP) is 2.00. The van der Waals surface area contributed by atoms with E-state index in [-0.39, 0.29) is 25.2 Å². The van der Waals surface area contributed by atoms with Gasteiger partial charge in [0, 0.05) is 18.7 Å². The van der Waals surface area contributed by atoms with E-state index in [0.29, 0.717) is 13.2 Å². The molecule has 1 amide bonds. The van der Waals surface area contributed by atoms with Crippen molar-refractivity contribution in [1.29, 1.82) is 0 Å². The molecule has 0 aromatic heterocycles. The van der Waals surface area contributed by atoms with Crippen LogP contribution in [-0.2, 0) is 20.8 Å². The minimum absolute atomic E-state index is 0.150. The van der Waals surface area contributed by atoms with Crippen LogP contribution in [0.25, 0.3) is 0 Å². The molecule has 8 heteroatoms. The fraction of sp³-hybridized carbons (Fsp3) is 0.480. The molecule has 2 aliphatic heterocycles. The lowest BCUT2D eigenvalue weighted by atomic mass is 9.91. The number of aliphatic hydroxyl groups excluding tert-OH is 1. The average molecular weight is 456 g/mol. The van der Waals surface area contributed by atoms with Crippen molar-refractivity contribution in [3.63, 3.8) is 0 Å². The van der Waals surface area contributed by atoms with Gasteiger partial charge in [-0.15, -0.1) is 0 Å². The number of likely N-dealkylation sites (N-methyl/N-ethyl adjacent to an activating group) is 1. The summed E-state index contributed by atoms with van der Waals surface area (Å²) in [7, 11) is 4.01. The molecule has 0 aliphatic carbocycles. The fourth-order valence-electron chi connectivity index (χ4n) is 4.32. The number of nitrogens with zero attached hydrogens (tertiary/aromatic N) is 2. The number of benzene rings is 2. The second-order valence-corrected chi connectivity index (χ2v) is 8.79. The van der Waals surface area contributed by atoms with Gasteiger partial charge in [0.1, 0.15) is 12.7 Å². The number of hydrogen-bond donors (Lipinski definition) is 2. The minimum atomic E-state index is -0.799. The van der Waals surface area contributed by atoms with E-state index in [1.165, 1.54) is 0 Å². The molecule has 0 saturated carbocycles. The molecule has 0 unspecified atom stereocenters. The Morgan fingerprint density at radius 2 is 1.85 bits per heavy atom. The quantitative estimate of drug-likeness (QED) is 0.661. The molecule has 4 rings (SSSR count). The van der Waals surface area contributed by atoms with Crippen LogP contribution in [-0.4, -0.2) is 85.6 Å². The van der Waals surface area contributed by atoms with Crippen molar-refractivity contribution >= 4 is 6.09 Å². The Hall–Kier alpha value is -2.49. The van der Waals surface area contributed by atoms with Crippen LogP contribution < -0.4 is 5.32 Å². The number of rotatable bonds is 7. The number of amides is 1. The molecule has 2 aliphatic rings. The van der Waals surface area contributed by atoms with Gasteiger partial charge in [-0.05, 0) is 19.7 Å². The molecule has 8 nitrogen and oxygen atoms in total. The zero-order valence-electron chi connectivity index (χ0n) is 19.2. The summed E-state index contributed by atoms with van der Waals surface area (Å²) in [6.45, 7) is 2.13. The van der Waals surface area contributed by atoms with Crippen molar-refractivity contribution in [2.75, 3.05) is 40.3 Å². The van der Waals surface area contributed by atoms with Crippen molar-refractivity contribution in [3.05, 3.63) is 71.8 Å². The minimum Gasteiger partial charge on any atom is -0.445 e. The number of fused-ring (bicyclic) bond motifs is 1. The van der Waals surface area contributed by atoms with Crippen molar-refractivity contribution in [2.24, 2.45) is 0 Å². The Morgan fingerprint density at radius 1 is 1.15 bits per heavy atom. The molecule has 2 N–H and O–H groups in total. The summed E-state index contributed by atoms with van der Waals surface area (Å²) in [6.07, 6.45) is -2.28. The number of β-amino-alcohol motifs (C(OH)–C–C–N with tert-alkyl or cyclic N) is 1. The Balaban J connectivity index is 1.48. The largest absolute Gasteiger partial charge is 0.445 e. The Bertz CT molecular complexity index is 882. The zero-order chi connectivity index (χ0) is 23.2. The molecule has 0 radical (unpaired) electrons. The van der Waals surface area contributed by atoms with E-state index in [1.807, 2.05) is 74.8 Å². The van der Waals surface area contributed by atoms with Gasteiger partial charge in [0.05, 0.1) is 31.3 Å². The number of piperidine rings is 1. The highest BCUT2D eigenvalue weighted by atomic mass is 16.7. The van der Waals surface area contributed by atoms with Crippen molar-refractivity contribution in [1.82, 2.24) is 15.1 Å². The van der Waals surface area contributed by atoms with E-state index in [4.69, 9.17) is 14.2 Å². The first-order valence-electron chi connectivity index (χ1n) is 11.4. The van der Waals surface area contributed by atoms with E-state index in [9.17, 15) is 9.90 Å². The Kier molecular flexibility index (Phi) is 7.95. The van der Waals surface area contributed by atoms with E-state index in [2.05, 4.69) is 10.2 Å². The van der Waals surface area contributed by atoms with E-state index >= 15 is 0 Å². The number of hydrogen-bond acceptors (Lipinski definition) is 7. The van der Waals surface area contributed by atoms with Crippen LogP contribution in [0.5, 0.6) is 0 Å². The number of nitrogens with one attached hydrogen (secondary N) is 1. The molecule has 2 saturated heterocycles. The third-order valence-electron chi connectivity index (χ3n) is 6.08. The molecule has 2 heterocycles. The summed E-state index contributed by atoms with van der Waals surface area (Å²) >= 11 is 0. The maximum absolute atomic E-state index is 13.0. The zero-order valence-corrected chi connectivity index (χ0v) is 19.2. The van der Waals surface area contributed by atoms with Crippen LogP contribution in [0.2, 0.25) is 0 Å². The molecule has 5 atom stereocenters. The topological polar surface area (TPSA) is 83.5 Å². The summed E-state index contributed by atoms with van der Waals surface area (Å²) in [5.74, 6) is 0. The number of aliphatic hydroxyl groups is 1. The maximum atomic E-state index is 13.0. The van der Waals surface area contributed by atoms with E-state index in [0.717, 1.165) is 17.7 Å². The van der Waals surface area contributed by atoms with Gasteiger partial charge < -0.3 is 29.5 Å². The van der Waals surface area contributed by atoms with Crippen LogP contribution in [0.4, 0.5) is 4.79 Å². The normalized spacial score (nSPS) is 27.3. The third kappa shape index (κ3) is 5.90. The van der Waals surface area contributed by atoms with Gasteiger partial charge in [-0.25, -0.2) is 4.79 Å². The third-order valence-corrected chi connectivity index (χ3v) is 6.08. The highest BCUT2D eigenvalue weighted by Crippen LogP contribution is 2.34. The first-order valence-corrected chi connectivity index (χ1v) is 11.4. The molecule has 33 heavy (non-hydrogen) atoms. The van der Waals surface area contributed by atoms with Crippen molar-refractivity contribution < 1.29 is 24.1 Å². The van der Waals surface area contributed by atoms with Gasteiger partial charge in [0.25, 0.3) is 0 Å². The Labute approximate surface area is 195 Å². The fourth-order valence-corrected chi connectivity index (χ4v) is 4.32. The lowest BCUT2D eigenvalue weighted by Gasteiger charge is -2.50. The van der Waals surface area contributed by atoms with E-state index in [1.54, 1.807) is 4.90 Å². The average Bonchev–Trinajstić information content (AvgIpc) is 2.84. The summed E-state index contributed by atoms with van der Waals surface area (Å²) in [4.78, 5) is 16.6. The second kappa shape index (κ2) is 11.1. The first-order chi connectivity index (χ1) is 16.0. The number of carbonyl (C=O) groups is 1. The summed E-state index contributed by atoms with van der Waals surface area (Å²) < 4.78 is 17.9. The first kappa shape index (κ1) is 23.7. The molecular weight excluding hydrogens is 422 g/mol. The molecule has 0 spiro atoms. The van der Waals surface area contributed by atoms with Gasteiger partial charge in [0.2, 0.25) is 0 Å². The van der Waals surface area contributed by atoms with Crippen molar-refractivity contribution in [3.8, 4) is 0 Å². The predicted molar refractivity (Wildman–Crippen MR) is 123 cm³/mol. The highest BCUT2D eigenvalue weighted by molar-refractivity contribution is 5.68. The summed E-state index contributed by atoms with van der Waals surface area (Å²) in [5.41, 5.74) is 1.81. The summed E-state index contributed by atoms with van der Waals surface area (Å²) in [5, 5.41) is 14.4. The second-order valence-electron chi connectivity index (χ2n) is 8.79. The molecule has 2 fully saturated rings. The van der Waals surface area contributed by atoms with Crippen LogP contribution in [0.3, 0.4) is 0 Å². The summed E-state index contributed by atoms with van der Waals surface area (Å²) in [6, 6.07) is 18.5. The maximum Gasteiger partial charge on any atom is 0.410 e. The van der Waals surface area contributed by atoms with Crippen LogP contribution in [0, 0.1) is 0 Å². The van der Waals surface area contributed by atoms with Gasteiger partial charge >= 0.3 is 6.09 Å². The van der Waals surface area contributed by atoms with Crippen LogP contribution in [0.1, 0.15) is 17.4 Å². The molecule has 178 valence electrons. The van der Waals surface area contributed by atoms with Gasteiger partial charge in [-0.1, -0.05) is 60.7 Å². The monoisotopic (exact) mass is 455 g/mol. The lowest BCUT2D eigenvalue weighted by Crippen LogP contribution is -2.70. The van der Waals surface area contributed by atoms with Crippen molar-refractivity contribution in [2.45, 2.75) is 37.2 Å². The molecule has 2 aromatic carbocycles. The molecule has 0 bridgehead atoms. The van der Waals surface area contributed by atoms with Gasteiger partial charge in [-0.3, -0.25) is 4.90 Å². The number of ether oxygens (including phenoxy) is 3. The van der Waals surface area contributed by atoms with Gasteiger partial charge in [0.15, 0.2) is 6.29 Å². The van der Waals surface area contributed by atoms with Crippen LogP contribution >= 0.6 is 0 Å². The standard InChI is InChI=1S/C25H33N3O5/c1-27(2)14-13-26-22-21(29)15-28(25(30)32-16-18-9-5-3-6-10-18)20-17-31-24(33-23(20)22)19-11-7-4-8-12-19/h3-12,20-24,26,29H,13-17H2,1-2H3/t20-,21-,22+,23-,24-/m1/s1. The molecular formula is C25H33N3O5. The smallest absolute Gasteiger partial charge is 0.410 e. The van der Waals surface area contributed by atoms with Crippen LogP contribution in [0.15, 0.2) is 60.7 Å². The SMILES string of the molecule is CN(C)CCN[C@@H]1[C@@H]2O[C@H](c3ccccc3)OC[C@H]2N(C(=O)OCc2ccccc2)C[C@H]1O. The number of carbonyl (C=O) groups excluding carboxylic acids is 1. The highest BCUT2D eigenvalue weighted by Gasteiger charge is 2.49.